The fraction of sp³-hybridized carbons (Fsp3) is 0.450. The fourth-order valence-electron chi connectivity index (χ4n) is 2.66. The van der Waals surface area contributed by atoms with Crippen molar-refractivity contribution in [2.75, 3.05) is 13.2 Å². The highest BCUT2D eigenvalue weighted by Crippen LogP contribution is 2.17. The summed E-state index contributed by atoms with van der Waals surface area (Å²) in [5.41, 5.74) is 3.17. The van der Waals surface area contributed by atoms with Crippen molar-refractivity contribution < 1.29 is 50.9 Å². The van der Waals surface area contributed by atoms with Crippen LogP contribution in [-0.4, -0.2) is 72.5 Å². The predicted molar refractivity (Wildman–Crippen MR) is 110 cm³/mol. The average Bonchev–Trinajstić information content (AvgIpc) is 3.03. The van der Waals surface area contributed by atoms with E-state index in [0.717, 1.165) is 49.7 Å². The van der Waals surface area contributed by atoms with Crippen molar-refractivity contribution in [3.8, 4) is 0 Å². The van der Waals surface area contributed by atoms with Crippen molar-refractivity contribution in [1.29, 1.82) is 0 Å². The number of fused-ring (bicyclic) bond motifs is 1. The largest absolute Gasteiger partial charge is 0.490 e. The number of halogens is 6. The van der Waals surface area contributed by atoms with Gasteiger partial charge in [0.05, 0.1) is 24.6 Å². The lowest BCUT2D eigenvalue weighted by atomic mass is 10.2. The van der Waals surface area contributed by atoms with Crippen molar-refractivity contribution in [3.63, 3.8) is 0 Å². The topological polar surface area (TPSA) is 131 Å². The summed E-state index contributed by atoms with van der Waals surface area (Å²) in [7, 11) is 0. The molecule has 0 radical (unpaired) electrons. The summed E-state index contributed by atoms with van der Waals surface area (Å²) in [5, 5.41) is 22.8. The molecular formula is C20H23F6N5O5. The molecule has 200 valence electrons. The molecule has 0 amide bonds. The molecule has 0 saturated carbocycles. The van der Waals surface area contributed by atoms with Gasteiger partial charge >= 0.3 is 24.3 Å². The summed E-state index contributed by atoms with van der Waals surface area (Å²) in [6.07, 6.45) is -5.51. The second kappa shape index (κ2) is 14.1. The molecule has 2 aromatic rings. The molecule has 1 aliphatic rings. The minimum atomic E-state index is -5.08. The van der Waals surface area contributed by atoms with Crippen LogP contribution in [-0.2, 0) is 40.6 Å². The van der Waals surface area contributed by atoms with E-state index < -0.39 is 24.3 Å². The minimum absolute atomic E-state index is 0.485. The molecular weight excluding hydrogens is 504 g/mol. The Bertz CT molecular complexity index is 958. The lowest BCUT2D eigenvalue weighted by Gasteiger charge is -2.19. The molecule has 2 aromatic heterocycles. The zero-order chi connectivity index (χ0) is 27.4. The Kier molecular flexibility index (Phi) is 12.0. The van der Waals surface area contributed by atoms with Crippen LogP contribution in [0.1, 0.15) is 23.5 Å². The summed E-state index contributed by atoms with van der Waals surface area (Å²) < 4.78 is 71.0. The summed E-state index contributed by atoms with van der Waals surface area (Å²) in [6, 6.07) is 6.04. The molecule has 2 N–H and O–H groups in total. The molecule has 0 atom stereocenters. The Morgan fingerprint density at radius 1 is 1.08 bits per heavy atom. The van der Waals surface area contributed by atoms with Crippen molar-refractivity contribution >= 4 is 11.9 Å². The van der Waals surface area contributed by atoms with Gasteiger partial charge in [0.25, 0.3) is 0 Å². The van der Waals surface area contributed by atoms with Gasteiger partial charge in [-0.2, -0.15) is 26.3 Å². The maximum atomic E-state index is 10.6. The van der Waals surface area contributed by atoms with Gasteiger partial charge in [-0.1, -0.05) is 17.4 Å². The molecule has 0 spiro atoms. The number of pyridine rings is 1. The molecule has 0 aliphatic carbocycles. The Morgan fingerprint density at radius 2 is 1.69 bits per heavy atom. The summed E-state index contributed by atoms with van der Waals surface area (Å²) in [6.45, 7) is 8.29. The first-order valence-corrected chi connectivity index (χ1v) is 10.1. The summed E-state index contributed by atoms with van der Waals surface area (Å²) >= 11 is 0. The number of ether oxygens (including phenoxy) is 1. The molecule has 36 heavy (non-hydrogen) atoms. The third-order valence-electron chi connectivity index (χ3n) is 4.21. The number of nitrogens with zero attached hydrogens (tertiary/aromatic N) is 5. The van der Waals surface area contributed by atoms with Crippen LogP contribution in [0.5, 0.6) is 0 Å². The van der Waals surface area contributed by atoms with E-state index in [1.807, 2.05) is 23.0 Å². The number of aromatic nitrogens is 4. The average molecular weight is 527 g/mol. The Balaban J connectivity index is 0.000000383. The number of aliphatic carboxylic acids is 2. The van der Waals surface area contributed by atoms with E-state index in [0.29, 0.717) is 13.2 Å². The molecule has 10 nitrogen and oxygen atoms in total. The first kappa shape index (κ1) is 30.5. The third kappa shape index (κ3) is 11.3. The number of carboxylic acid groups (broad SMARTS) is 2. The Morgan fingerprint density at radius 3 is 2.19 bits per heavy atom. The molecule has 0 bridgehead atoms. The van der Waals surface area contributed by atoms with Crippen molar-refractivity contribution in [2.45, 2.75) is 45.0 Å². The van der Waals surface area contributed by atoms with Crippen molar-refractivity contribution in [3.05, 3.63) is 54.1 Å². The number of hydrogen-bond donors (Lipinski definition) is 2. The standard InChI is InChI=1S/C16H21N5O.2C2HF3O2/c1-2-10-22-13-15-16-12-20(8-5-9-21(16)19-18-15)11-14-6-3-4-7-17-14;2*3-2(4,5)1(6)7/h2-4,6-7H,1,5,8-13H2;2*(H,6,7). The van der Waals surface area contributed by atoms with Crippen LogP contribution in [0, 0.1) is 0 Å². The summed E-state index contributed by atoms with van der Waals surface area (Å²) in [4.78, 5) is 24.6. The van der Waals surface area contributed by atoms with E-state index in [1.54, 1.807) is 6.08 Å². The number of carbonyl (C=O) groups is 2. The maximum Gasteiger partial charge on any atom is 0.490 e. The normalized spacial score (nSPS) is 13.7. The van der Waals surface area contributed by atoms with Gasteiger partial charge in [0.2, 0.25) is 0 Å². The van der Waals surface area contributed by atoms with Gasteiger partial charge in [0.15, 0.2) is 0 Å². The fourth-order valence-corrected chi connectivity index (χ4v) is 2.66. The van der Waals surface area contributed by atoms with Gasteiger partial charge in [-0.25, -0.2) is 14.3 Å². The molecule has 0 saturated heterocycles. The Labute approximate surface area is 200 Å². The lowest BCUT2D eigenvalue weighted by Crippen LogP contribution is -2.24. The first-order chi connectivity index (χ1) is 16.8. The first-order valence-electron chi connectivity index (χ1n) is 10.1. The van der Waals surface area contributed by atoms with Crippen LogP contribution < -0.4 is 0 Å². The number of aryl methyl sites for hydroxylation is 1. The van der Waals surface area contributed by atoms with Crippen LogP contribution >= 0.6 is 0 Å². The molecule has 0 fully saturated rings. The smallest absolute Gasteiger partial charge is 0.475 e. The third-order valence-corrected chi connectivity index (χ3v) is 4.21. The molecule has 0 aromatic carbocycles. The van der Waals surface area contributed by atoms with Gasteiger partial charge in [0.1, 0.15) is 5.69 Å². The number of carboxylic acids is 2. The highest BCUT2D eigenvalue weighted by Gasteiger charge is 2.38. The van der Waals surface area contributed by atoms with E-state index in [1.165, 1.54) is 0 Å². The van der Waals surface area contributed by atoms with Crippen LogP contribution in [0.25, 0.3) is 0 Å². The van der Waals surface area contributed by atoms with Crippen LogP contribution in [0.15, 0.2) is 37.1 Å². The second-order valence-electron chi connectivity index (χ2n) is 7.00. The molecule has 3 heterocycles. The van der Waals surface area contributed by atoms with Gasteiger partial charge in [-0.3, -0.25) is 9.88 Å². The second-order valence-corrected chi connectivity index (χ2v) is 7.00. The van der Waals surface area contributed by atoms with Gasteiger partial charge in [0, 0.05) is 32.4 Å². The van der Waals surface area contributed by atoms with Crippen LogP contribution in [0.2, 0.25) is 0 Å². The van der Waals surface area contributed by atoms with Crippen molar-refractivity contribution in [1.82, 2.24) is 24.9 Å². The van der Waals surface area contributed by atoms with E-state index in [2.05, 4.69) is 32.8 Å². The molecule has 0 unspecified atom stereocenters. The molecule has 1 aliphatic heterocycles. The highest BCUT2D eigenvalue weighted by atomic mass is 19.4. The SMILES string of the molecule is C=CCOCc1nnn2c1CN(Cc1ccccn1)CCC2.O=C(O)C(F)(F)F.O=C(O)C(F)(F)F. The zero-order valence-electron chi connectivity index (χ0n) is 18.7. The number of hydrogen-bond acceptors (Lipinski definition) is 7. The quantitative estimate of drug-likeness (QED) is 0.331. The highest BCUT2D eigenvalue weighted by molar-refractivity contribution is 5.73. The van der Waals surface area contributed by atoms with Gasteiger partial charge < -0.3 is 14.9 Å². The zero-order valence-corrected chi connectivity index (χ0v) is 18.7. The van der Waals surface area contributed by atoms with Crippen LogP contribution in [0.3, 0.4) is 0 Å². The lowest BCUT2D eigenvalue weighted by molar-refractivity contribution is -0.193. The maximum absolute atomic E-state index is 10.6. The van der Waals surface area contributed by atoms with E-state index in [4.69, 9.17) is 24.5 Å². The minimum Gasteiger partial charge on any atom is -0.475 e. The molecule has 16 heteroatoms. The van der Waals surface area contributed by atoms with Gasteiger partial charge in [-0.05, 0) is 18.6 Å². The number of alkyl halides is 6. The van der Waals surface area contributed by atoms with Crippen LogP contribution in [0.4, 0.5) is 26.3 Å². The Hall–Kier alpha value is -3.53. The van der Waals surface area contributed by atoms with Crippen molar-refractivity contribution in [2.24, 2.45) is 0 Å². The monoisotopic (exact) mass is 527 g/mol. The molecule has 3 rings (SSSR count). The summed E-state index contributed by atoms with van der Waals surface area (Å²) in [5.74, 6) is -5.51. The van der Waals surface area contributed by atoms with Gasteiger partial charge in [-0.15, -0.1) is 11.7 Å². The van der Waals surface area contributed by atoms with E-state index in [-0.39, 0.29) is 0 Å². The van der Waals surface area contributed by atoms with E-state index >= 15 is 0 Å². The van der Waals surface area contributed by atoms with E-state index in [9.17, 15) is 26.3 Å². The number of rotatable bonds is 6. The predicted octanol–water partition coefficient (Wildman–Crippen LogP) is 3.05.